The van der Waals surface area contributed by atoms with Gasteiger partial charge in [-0.1, -0.05) is 11.6 Å². The first-order valence-corrected chi connectivity index (χ1v) is 11.1. The lowest BCUT2D eigenvalue weighted by molar-refractivity contribution is -0.140. The molecule has 0 radical (unpaired) electrons. The van der Waals surface area contributed by atoms with Gasteiger partial charge in [0.25, 0.3) is 5.91 Å². The number of ketones is 1. The molecule has 1 heterocycles. The quantitative estimate of drug-likeness (QED) is 0.367. The molecule has 2 aromatic carbocycles. The standard InChI is InChI=1S/C24H24ClFN2O8/c1-11(29)12-5-7-18-14(8-12)19(28-21(30)13-4-6-16(26)15(25)9-13)20(24(2,3)36-18)35-23(33)34-10-17(27)22(31)32/h4-9,17,19-20H,10,27H2,1-3H3,(H,28,30)(H,31,32)/t17-,19+,20-/m0/s1. The largest absolute Gasteiger partial charge is 0.508 e. The molecule has 3 rings (SSSR count). The number of carbonyl (C=O) groups is 4. The number of amides is 1. The first kappa shape index (κ1) is 26.9. The summed E-state index contributed by atoms with van der Waals surface area (Å²) in [6.07, 6.45) is -2.45. The summed E-state index contributed by atoms with van der Waals surface area (Å²) in [7, 11) is 0. The Morgan fingerprint density at radius 3 is 2.47 bits per heavy atom. The number of carboxylic acids is 1. The first-order chi connectivity index (χ1) is 16.8. The lowest BCUT2D eigenvalue weighted by atomic mass is 9.85. The van der Waals surface area contributed by atoms with Crippen molar-refractivity contribution in [2.24, 2.45) is 5.73 Å². The summed E-state index contributed by atoms with van der Waals surface area (Å²) in [6, 6.07) is 5.49. The number of benzene rings is 2. The molecular weight excluding hydrogens is 499 g/mol. The molecule has 12 heteroatoms. The van der Waals surface area contributed by atoms with Crippen molar-refractivity contribution in [3.05, 3.63) is 63.9 Å². The minimum atomic E-state index is -1.47. The number of Topliss-reactive ketones (excluding diaryl/α,β-unsaturated/α-hetero) is 1. The molecule has 36 heavy (non-hydrogen) atoms. The minimum absolute atomic E-state index is 0.0312. The third kappa shape index (κ3) is 5.92. The summed E-state index contributed by atoms with van der Waals surface area (Å²) < 4.78 is 29.9. The number of halogens is 2. The summed E-state index contributed by atoms with van der Waals surface area (Å²) >= 11 is 5.81. The molecule has 2 aromatic rings. The Balaban J connectivity index is 1.98. The monoisotopic (exact) mass is 522 g/mol. The zero-order chi connectivity index (χ0) is 26.8. The zero-order valence-corrected chi connectivity index (χ0v) is 20.3. The van der Waals surface area contributed by atoms with E-state index in [0.29, 0.717) is 16.9 Å². The fourth-order valence-electron chi connectivity index (χ4n) is 3.60. The van der Waals surface area contributed by atoms with Crippen molar-refractivity contribution >= 4 is 35.4 Å². The number of fused-ring (bicyclic) bond motifs is 1. The van der Waals surface area contributed by atoms with Crippen molar-refractivity contribution in [3.63, 3.8) is 0 Å². The molecule has 1 aliphatic heterocycles. The van der Waals surface area contributed by atoms with Crippen LogP contribution in [-0.2, 0) is 14.3 Å². The third-order valence-corrected chi connectivity index (χ3v) is 5.79. The molecule has 1 aliphatic rings. The highest BCUT2D eigenvalue weighted by Gasteiger charge is 2.48. The highest BCUT2D eigenvalue weighted by molar-refractivity contribution is 6.31. The highest BCUT2D eigenvalue weighted by atomic mass is 35.5. The Morgan fingerprint density at radius 1 is 1.19 bits per heavy atom. The van der Waals surface area contributed by atoms with Crippen LogP contribution in [0.2, 0.25) is 5.02 Å². The summed E-state index contributed by atoms with van der Waals surface area (Å²) in [5.74, 6) is -2.68. The highest BCUT2D eigenvalue weighted by Crippen LogP contribution is 2.42. The van der Waals surface area contributed by atoms with Gasteiger partial charge in [0.2, 0.25) is 0 Å². The van der Waals surface area contributed by atoms with Crippen LogP contribution in [0.4, 0.5) is 9.18 Å². The molecule has 1 amide bonds. The number of hydrogen-bond acceptors (Lipinski definition) is 8. The van der Waals surface area contributed by atoms with E-state index < -0.39 is 54.2 Å². The van der Waals surface area contributed by atoms with E-state index >= 15 is 0 Å². The summed E-state index contributed by atoms with van der Waals surface area (Å²) in [5.41, 5.74) is 4.81. The molecule has 4 N–H and O–H groups in total. The number of hydrogen-bond donors (Lipinski definition) is 3. The topological polar surface area (TPSA) is 154 Å². The fourth-order valence-corrected chi connectivity index (χ4v) is 3.78. The van der Waals surface area contributed by atoms with E-state index in [9.17, 15) is 23.6 Å². The Kier molecular flexibility index (Phi) is 7.85. The van der Waals surface area contributed by atoms with Crippen LogP contribution >= 0.6 is 11.6 Å². The first-order valence-electron chi connectivity index (χ1n) is 10.7. The number of carboxylic acid groups (broad SMARTS) is 1. The van der Waals surface area contributed by atoms with Crippen LogP contribution in [0.3, 0.4) is 0 Å². The van der Waals surface area contributed by atoms with E-state index in [1.165, 1.54) is 19.1 Å². The predicted octanol–water partition coefficient (Wildman–Crippen LogP) is 3.26. The van der Waals surface area contributed by atoms with Crippen molar-refractivity contribution in [1.82, 2.24) is 5.32 Å². The number of nitrogens with one attached hydrogen (secondary N) is 1. The summed E-state index contributed by atoms with van der Waals surface area (Å²) in [6.45, 7) is 3.91. The van der Waals surface area contributed by atoms with Crippen molar-refractivity contribution in [3.8, 4) is 5.75 Å². The maximum Gasteiger partial charge on any atom is 0.508 e. The third-order valence-electron chi connectivity index (χ3n) is 5.50. The van der Waals surface area contributed by atoms with E-state index in [1.54, 1.807) is 26.0 Å². The molecule has 0 aliphatic carbocycles. The fraction of sp³-hybridized carbons (Fsp3) is 0.333. The second-order valence-corrected chi connectivity index (χ2v) is 9.05. The zero-order valence-electron chi connectivity index (χ0n) is 19.5. The van der Waals surface area contributed by atoms with Crippen molar-refractivity contribution < 1.29 is 42.9 Å². The molecule has 0 saturated carbocycles. The summed E-state index contributed by atoms with van der Waals surface area (Å²) in [5, 5.41) is 11.4. The van der Waals surface area contributed by atoms with E-state index in [2.05, 4.69) is 5.32 Å². The van der Waals surface area contributed by atoms with Crippen molar-refractivity contribution in [2.45, 2.75) is 44.6 Å². The van der Waals surface area contributed by atoms with Crippen LogP contribution in [0.25, 0.3) is 0 Å². The Labute approximate surface area is 210 Å². The second-order valence-electron chi connectivity index (χ2n) is 8.64. The lowest BCUT2D eigenvalue weighted by Crippen LogP contribution is -2.55. The van der Waals surface area contributed by atoms with Gasteiger partial charge >= 0.3 is 12.1 Å². The smallest absolute Gasteiger partial charge is 0.484 e. The summed E-state index contributed by atoms with van der Waals surface area (Å²) in [4.78, 5) is 48.4. The Morgan fingerprint density at radius 2 is 1.86 bits per heavy atom. The average molecular weight is 523 g/mol. The maximum atomic E-state index is 13.6. The van der Waals surface area contributed by atoms with Crippen LogP contribution in [0, 0.1) is 5.82 Å². The Bertz CT molecular complexity index is 1220. The van der Waals surface area contributed by atoms with Gasteiger partial charge in [-0.2, -0.15) is 0 Å². The van der Waals surface area contributed by atoms with Gasteiger partial charge in [-0.15, -0.1) is 0 Å². The molecule has 0 unspecified atom stereocenters. The number of carbonyl (C=O) groups excluding carboxylic acids is 3. The van der Waals surface area contributed by atoms with E-state index in [0.717, 1.165) is 12.1 Å². The molecule has 10 nitrogen and oxygen atoms in total. The van der Waals surface area contributed by atoms with Gasteiger partial charge in [0.1, 0.15) is 29.8 Å². The van der Waals surface area contributed by atoms with E-state index in [1.807, 2.05) is 0 Å². The molecule has 0 bridgehead atoms. The Hall–Kier alpha value is -3.70. The molecule has 0 spiro atoms. The van der Waals surface area contributed by atoms with Gasteiger partial charge in [0.15, 0.2) is 11.9 Å². The van der Waals surface area contributed by atoms with E-state index in [-0.39, 0.29) is 16.4 Å². The van der Waals surface area contributed by atoms with Gasteiger partial charge in [0.05, 0.1) is 11.1 Å². The SMILES string of the molecule is CC(=O)c1ccc2c(c1)[C@@H](NC(=O)c1ccc(F)c(Cl)c1)[C@H](OC(=O)OC[C@H](N)C(=O)O)C(C)(C)O2. The average Bonchev–Trinajstić information content (AvgIpc) is 2.80. The number of ether oxygens (including phenoxy) is 3. The molecule has 192 valence electrons. The number of aliphatic carboxylic acids is 1. The van der Waals surface area contributed by atoms with Gasteiger partial charge in [0, 0.05) is 16.7 Å². The van der Waals surface area contributed by atoms with Gasteiger partial charge in [-0.25, -0.2) is 9.18 Å². The minimum Gasteiger partial charge on any atom is -0.484 e. The van der Waals surface area contributed by atoms with Crippen LogP contribution in [0.15, 0.2) is 36.4 Å². The lowest BCUT2D eigenvalue weighted by Gasteiger charge is -2.44. The number of rotatable bonds is 7. The van der Waals surface area contributed by atoms with E-state index in [4.69, 9.17) is 36.7 Å². The normalized spacial score (nSPS) is 18.7. The second kappa shape index (κ2) is 10.5. The molecule has 0 fully saturated rings. The van der Waals surface area contributed by atoms with Gasteiger partial charge in [-0.05, 0) is 57.2 Å². The van der Waals surface area contributed by atoms with Gasteiger partial charge in [-0.3, -0.25) is 14.4 Å². The van der Waals surface area contributed by atoms with Crippen LogP contribution < -0.4 is 15.8 Å². The van der Waals surface area contributed by atoms with Crippen molar-refractivity contribution in [1.29, 1.82) is 0 Å². The molecule has 3 atom stereocenters. The van der Waals surface area contributed by atoms with Gasteiger partial charge < -0.3 is 30.4 Å². The number of nitrogens with two attached hydrogens (primary N) is 1. The maximum absolute atomic E-state index is 13.6. The molecule has 0 aromatic heterocycles. The predicted molar refractivity (Wildman–Crippen MR) is 125 cm³/mol. The molecular formula is C24H24ClFN2O8. The molecule has 0 saturated heterocycles. The van der Waals surface area contributed by atoms with Crippen LogP contribution in [0.5, 0.6) is 5.75 Å². The van der Waals surface area contributed by atoms with Crippen molar-refractivity contribution in [2.75, 3.05) is 6.61 Å². The van der Waals surface area contributed by atoms with Crippen LogP contribution in [0.1, 0.15) is 53.1 Å². The van der Waals surface area contributed by atoms with Crippen LogP contribution in [-0.4, -0.2) is 53.3 Å².